The van der Waals surface area contributed by atoms with Crippen LogP contribution in [0.25, 0.3) is 0 Å². The summed E-state index contributed by atoms with van der Waals surface area (Å²) in [5.41, 5.74) is 0. The van der Waals surface area contributed by atoms with Gasteiger partial charge in [0.15, 0.2) is 0 Å². The first-order chi connectivity index (χ1) is 7.43. The molecule has 0 aliphatic rings. The summed E-state index contributed by atoms with van der Waals surface area (Å²) in [5.74, 6) is 2.34. The Bertz CT molecular complexity index is 310. The van der Waals surface area contributed by atoms with Crippen LogP contribution in [0.3, 0.4) is 0 Å². The molecular weight excluding hydrogens is 266 g/mol. The smallest absolute Gasteiger partial charge is 0.138 e. The third kappa shape index (κ3) is 3.30. The largest absolute Gasteiger partial charge is 0.248 e. The highest BCUT2D eigenvalue weighted by molar-refractivity contribution is 9.09. The maximum absolute atomic E-state index is 4.37. The summed E-state index contributed by atoms with van der Waals surface area (Å²) in [6, 6.07) is 0.385. The lowest BCUT2D eigenvalue weighted by atomic mass is 9.90. The molecule has 2 unspecified atom stereocenters. The molecule has 1 rings (SSSR count). The van der Waals surface area contributed by atoms with Gasteiger partial charge in [-0.2, -0.15) is 5.10 Å². The molecule has 0 aromatic carbocycles. The maximum atomic E-state index is 4.37. The van der Waals surface area contributed by atoms with E-state index in [2.05, 4.69) is 60.6 Å². The number of alkyl halides is 1. The van der Waals surface area contributed by atoms with Crippen molar-refractivity contribution in [3.8, 4) is 0 Å². The second kappa shape index (κ2) is 5.80. The Labute approximate surface area is 107 Å². The molecular formula is C12H22BrN3. The summed E-state index contributed by atoms with van der Waals surface area (Å²) in [6.45, 7) is 11.0. The van der Waals surface area contributed by atoms with Crippen molar-refractivity contribution in [2.75, 3.05) is 0 Å². The zero-order chi connectivity index (χ0) is 12.3. The van der Waals surface area contributed by atoms with Gasteiger partial charge in [-0.1, -0.05) is 36.7 Å². The fraction of sp³-hybridized carbons (Fsp3) is 0.833. The van der Waals surface area contributed by atoms with Crippen molar-refractivity contribution in [3.63, 3.8) is 0 Å². The Morgan fingerprint density at radius 2 is 1.88 bits per heavy atom. The summed E-state index contributed by atoms with van der Waals surface area (Å²) < 4.78 is 2.02. The van der Waals surface area contributed by atoms with Crippen LogP contribution in [-0.2, 0) is 6.42 Å². The van der Waals surface area contributed by atoms with Gasteiger partial charge in [0, 0.05) is 17.3 Å². The van der Waals surface area contributed by atoms with E-state index >= 15 is 0 Å². The van der Waals surface area contributed by atoms with Crippen LogP contribution in [0.15, 0.2) is 6.33 Å². The molecule has 1 heterocycles. The average Bonchev–Trinajstić information content (AvgIpc) is 2.60. The molecule has 1 aromatic rings. The second-order valence-corrected chi connectivity index (χ2v) is 6.45. The monoisotopic (exact) mass is 287 g/mol. The van der Waals surface area contributed by atoms with Gasteiger partial charge in [-0.15, -0.1) is 0 Å². The average molecular weight is 288 g/mol. The minimum absolute atomic E-state index is 0.385. The van der Waals surface area contributed by atoms with Gasteiger partial charge in [0.1, 0.15) is 12.2 Å². The number of hydrogen-bond acceptors (Lipinski definition) is 2. The van der Waals surface area contributed by atoms with Gasteiger partial charge in [-0.05, 0) is 25.7 Å². The van der Waals surface area contributed by atoms with Gasteiger partial charge in [0.05, 0.1) is 0 Å². The van der Waals surface area contributed by atoms with Crippen LogP contribution in [0, 0.1) is 11.8 Å². The lowest BCUT2D eigenvalue weighted by Crippen LogP contribution is -2.23. The van der Waals surface area contributed by atoms with Gasteiger partial charge in [-0.25, -0.2) is 9.67 Å². The molecule has 2 atom stereocenters. The van der Waals surface area contributed by atoms with E-state index in [0.717, 1.165) is 12.2 Å². The van der Waals surface area contributed by atoms with E-state index in [-0.39, 0.29) is 0 Å². The van der Waals surface area contributed by atoms with Gasteiger partial charge in [0.25, 0.3) is 0 Å². The van der Waals surface area contributed by atoms with Crippen LogP contribution < -0.4 is 0 Å². The number of aromatic nitrogens is 3. The molecule has 3 nitrogen and oxygen atoms in total. The predicted molar refractivity (Wildman–Crippen MR) is 70.8 cm³/mol. The fourth-order valence-electron chi connectivity index (χ4n) is 1.99. The number of halogens is 1. The van der Waals surface area contributed by atoms with Gasteiger partial charge in [-0.3, -0.25) is 0 Å². The van der Waals surface area contributed by atoms with Crippen LogP contribution in [0.2, 0.25) is 0 Å². The summed E-state index contributed by atoms with van der Waals surface area (Å²) in [4.78, 5) is 4.88. The molecule has 0 spiro atoms. The standard InChI is InChI=1S/C12H22BrN3/c1-8(2)11(10(5)13)6-12-14-7-15-16(12)9(3)4/h7-11H,6H2,1-5H3. The van der Waals surface area contributed by atoms with E-state index in [4.69, 9.17) is 0 Å². The van der Waals surface area contributed by atoms with Crippen LogP contribution >= 0.6 is 15.9 Å². The zero-order valence-electron chi connectivity index (χ0n) is 10.8. The summed E-state index contributed by atoms with van der Waals surface area (Å²) in [7, 11) is 0. The molecule has 0 aliphatic heterocycles. The highest BCUT2D eigenvalue weighted by Gasteiger charge is 2.22. The van der Waals surface area contributed by atoms with E-state index < -0.39 is 0 Å². The minimum atomic E-state index is 0.385. The predicted octanol–water partition coefficient (Wildman–Crippen LogP) is 3.46. The number of hydrogen-bond donors (Lipinski definition) is 0. The first-order valence-corrected chi connectivity index (χ1v) is 6.87. The molecule has 1 aromatic heterocycles. The minimum Gasteiger partial charge on any atom is -0.248 e. The van der Waals surface area contributed by atoms with E-state index in [1.807, 2.05) is 4.68 Å². The molecule has 0 radical (unpaired) electrons. The van der Waals surface area contributed by atoms with Gasteiger partial charge in [0.2, 0.25) is 0 Å². The first-order valence-electron chi connectivity index (χ1n) is 5.96. The highest BCUT2D eigenvalue weighted by atomic mass is 79.9. The third-order valence-corrected chi connectivity index (χ3v) is 3.68. The molecule has 0 aliphatic carbocycles. The number of rotatable bonds is 5. The highest BCUT2D eigenvalue weighted by Crippen LogP contribution is 2.25. The Hall–Kier alpha value is -0.380. The molecule has 4 heteroatoms. The molecule has 0 saturated carbocycles. The van der Waals surface area contributed by atoms with Crippen molar-refractivity contribution in [2.24, 2.45) is 11.8 Å². The number of nitrogens with zero attached hydrogens (tertiary/aromatic N) is 3. The third-order valence-electron chi connectivity index (χ3n) is 3.00. The van der Waals surface area contributed by atoms with Crippen molar-refractivity contribution >= 4 is 15.9 Å². The SMILES string of the molecule is CC(C)C(Cc1ncnn1C(C)C)C(C)Br. The fourth-order valence-corrected chi connectivity index (χ4v) is 2.79. The van der Waals surface area contributed by atoms with Crippen LogP contribution in [0.5, 0.6) is 0 Å². The molecule has 16 heavy (non-hydrogen) atoms. The first kappa shape index (κ1) is 13.7. The van der Waals surface area contributed by atoms with E-state index in [1.54, 1.807) is 6.33 Å². The summed E-state index contributed by atoms with van der Waals surface area (Å²) >= 11 is 3.69. The van der Waals surface area contributed by atoms with Crippen molar-refractivity contribution in [3.05, 3.63) is 12.2 Å². The van der Waals surface area contributed by atoms with Crippen molar-refractivity contribution in [1.29, 1.82) is 0 Å². The van der Waals surface area contributed by atoms with Crippen LogP contribution in [0.1, 0.15) is 46.5 Å². The normalized spacial score (nSPS) is 15.8. The molecule has 0 saturated heterocycles. The summed E-state index contributed by atoms with van der Waals surface area (Å²) in [6.07, 6.45) is 2.65. The lowest BCUT2D eigenvalue weighted by molar-refractivity contribution is 0.363. The molecule has 0 fully saturated rings. The maximum Gasteiger partial charge on any atom is 0.138 e. The van der Waals surface area contributed by atoms with Crippen LogP contribution in [-0.4, -0.2) is 19.6 Å². The van der Waals surface area contributed by atoms with Crippen molar-refractivity contribution in [2.45, 2.75) is 51.9 Å². The Morgan fingerprint density at radius 3 is 2.31 bits per heavy atom. The quantitative estimate of drug-likeness (QED) is 0.777. The topological polar surface area (TPSA) is 30.7 Å². The summed E-state index contributed by atoms with van der Waals surface area (Å²) in [5, 5.41) is 4.28. The van der Waals surface area contributed by atoms with Gasteiger partial charge >= 0.3 is 0 Å². The molecule has 0 amide bonds. The lowest BCUT2D eigenvalue weighted by Gasteiger charge is -2.23. The van der Waals surface area contributed by atoms with E-state index in [1.165, 1.54) is 0 Å². The Kier molecular flexibility index (Phi) is 4.96. The van der Waals surface area contributed by atoms with Crippen molar-refractivity contribution in [1.82, 2.24) is 14.8 Å². The van der Waals surface area contributed by atoms with Gasteiger partial charge < -0.3 is 0 Å². The van der Waals surface area contributed by atoms with E-state index in [9.17, 15) is 0 Å². The zero-order valence-corrected chi connectivity index (χ0v) is 12.4. The van der Waals surface area contributed by atoms with Crippen LogP contribution in [0.4, 0.5) is 0 Å². The molecule has 0 bridgehead atoms. The van der Waals surface area contributed by atoms with E-state index in [0.29, 0.717) is 22.7 Å². The molecule has 0 N–H and O–H groups in total. The Balaban J connectivity index is 2.81. The second-order valence-electron chi connectivity index (χ2n) is 5.00. The van der Waals surface area contributed by atoms with Crippen molar-refractivity contribution < 1.29 is 0 Å². The Morgan fingerprint density at radius 1 is 1.25 bits per heavy atom. The molecule has 92 valence electrons.